The van der Waals surface area contributed by atoms with E-state index in [0.29, 0.717) is 0 Å². The van der Waals surface area contributed by atoms with E-state index in [9.17, 15) is 0 Å². The summed E-state index contributed by atoms with van der Waals surface area (Å²) in [6.07, 6.45) is 0. The van der Waals surface area contributed by atoms with E-state index in [2.05, 4.69) is 179 Å². The highest BCUT2D eigenvalue weighted by Crippen LogP contribution is 2.54. The van der Waals surface area contributed by atoms with Crippen LogP contribution in [-0.4, -0.2) is 12.7 Å². The third-order valence-corrected chi connectivity index (χ3v) is 11.4. The van der Waals surface area contributed by atoms with Gasteiger partial charge < -0.3 is 19.0 Å². The van der Waals surface area contributed by atoms with Crippen molar-refractivity contribution in [3.63, 3.8) is 0 Å². The van der Waals surface area contributed by atoms with Gasteiger partial charge in [0.15, 0.2) is 0 Å². The number of hydrogen-bond acceptors (Lipinski definition) is 4. The first-order valence-corrected chi connectivity index (χ1v) is 18.2. The third kappa shape index (κ3) is 4.40. The standard InChI is InChI=1S/C46H41BN2O2/c1-45(2,3)29-19-23-31(24-20-29)48-35-15-11-16-36-40(35)47(43-41(48)34-14-9-10-17-37(34)50-43)44-42(49(36)32-25-21-30(22-26-32)46(4,5)6)39-33-13-8-7-12-28(33)18-27-38(39)51-44/h7-27,42,44H,1-6H3. The minimum absolute atomic E-state index is 0.0555. The lowest BCUT2D eigenvalue weighted by atomic mass is 9.34. The molecule has 4 heterocycles. The van der Waals surface area contributed by atoms with Crippen molar-refractivity contribution in [2.45, 2.75) is 64.4 Å². The molecule has 3 aliphatic heterocycles. The molecule has 10 rings (SSSR count). The van der Waals surface area contributed by atoms with Crippen molar-refractivity contribution in [2.24, 2.45) is 0 Å². The molecule has 4 nitrogen and oxygen atoms in total. The maximum atomic E-state index is 7.22. The van der Waals surface area contributed by atoms with E-state index in [4.69, 9.17) is 9.15 Å². The molecule has 0 saturated heterocycles. The van der Waals surface area contributed by atoms with Crippen LogP contribution in [0.15, 0.2) is 132 Å². The molecule has 250 valence electrons. The highest BCUT2D eigenvalue weighted by molar-refractivity contribution is 6.90. The van der Waals surface area contributed by atoms with Crippen molar-refractivity contribution in [3.05, 3.63) is 144 Å². The van der Waals surface area contributed by atoms with Crippen LogP contribution in [0.1, 0.15) is 64.3 Å². The van der Waals surface area contributed by atoms with Crippen molar-refractivity contribution in [1.82, 2.24) is 0 Å². The van der Waals surface area contributed by atoms with Gasteiger partial charge in [0, 0.05) is 33.7 Å². The Morgan fingerprint density at radius 2 is 1.22 bits per heavy atom. The SMILES string of the molecule is CC(C)(C)c1ccc(N2c3cccc4c3B(c3oc5ccccc5c32)C2Oc3ccc5ccccc5c3C2N4c2ccc(C(C)(C)C)cc2)cc1. The first kappa shape index (κ1) is 30.4. The molecule has 0 N–H and O–H groups in total. The number of ether oxygens (including phenoxy) is 1. The Kier molecular flexibility index (Phi) is 6.29. The summed E-state index contributed by atoms with van der Waals surface area (Å²) in [5.74, 6) is 0.951. The van der Waals surface area contributed by atoms with E-state index in [0.717, 1.165) is 39.4 Å². The molecular weight excluding hydrogens is 623 g/mol. The minimum atomic E-state index is -0.216. The van der Waals surface area contributed by atoms with Crippen LogP contribution in [-0.2, 0) is 10.8 Å². The summed E-state index contributed by atoms with van der Waals surface area (Å²) in [5, 5.41) is 3.57. The highest BCUT2D eigenvalue weighted by Gasteiger charge is 2.57. The fourth-order valence-corrected chi connectivity index (χ4v) is 8.86. The van der Waals surface area contributed by atoms with Crippen LogP contribution in [0.5, 0.6) is 5.75 Å². The van der Waals surface area contributed by atoms with Crippen molar-refractivity contribution in [1.29, 1.82) is 0 Å². The third-order valence-electron chi connectivity index (χ3n) is 11.4. The number of furan rings is 1. The largest absolute Gasteiger partial charge is 0.495 e. The van der Waals surface area contributed by atoms with Gasteiger partial charge in [0.25, 0.3) is 0 Å². The summed E-state index contributed by atoms with van der Waals surface area (Å²) in [7, 11) is 0. The molecule has 2 atom stereocenters. The van der Waals surface area contributed by atoms with Gasteiger partial charge in [-0.3, -0.25) is 0 Å². The number of hydrogen-bond donors (Lipinski definition) is 0. The van der Waals surface area contributed by atoms with Crippen molar-refractivity contribution >= 4 is 68.0 Å². The summed E-state index contributed by atoms with van der Waals surface area (Å²) in [5.41, 5.74) is 12.8. The molecule has 3 aliphatic rings. The van der Waals surface area contributed by atoms with Crippen LogP contribution in [0.2, 0.25) is 0 Å². The lowest BCUT2D eigenvalue weighted by Gasteiger charge is -2.46. The fraction of sp³-hybridized carbons (Fsp3) is 0.217. The van der Waals surface area contributed by atoms with Crippen LogP contribution in [0, 0.1) is 0 Å². The fourth-order valence-electron chi connectivity index (χ4n) is 8.86. The molecule has 0 amide bonds. The van der Waals surface area contributed by atoms with Crippen LogP contribution in [0.4, 0.5) is 28.4 Å². The summed E-state index contributed by atoms with van der Waals surface area (Å²) < 4.78 is 14.2. The predicted molar refractivity (Wildman–Crippen MR) is 213 cm³/mol. The molecule has 7 aromatic rings. The molecule has 0 aliphatic carbocycles. The Balaban J connectivity index is 1.27. The number of anilines is 5. The van der Waals surface area contributed by atoms with Crippen LogP contribution >= 0.6 is 0 Å². The van der Waals surface area contributed by atoms with Gasteiger partial charge in [0.05, 0.1) is 17.4 Å². The number of fused-ring (bicyclic) bond motifs is 10. The second-order valence-corrected chi connectivity index (χ2v) is 16.5. The molecule has 5 heteroatoms. The van der Waals surface area contributed by atoms with E-state index < -0.39 is 0 Å². The van der Waals surface area contributed by atoms with Crippen LogP contribution in [0.3, 0.4) is 0 Å². The number of para-hydroxylation sites is 1. The van der Waals surface area contributed by atoms with E-state index in [-0.39, 0.29) is 29.6 Å². The zero-order chi connectivity index (χ0) is 34.8. The topological polar surface area (TPSA) is 28.9 Å². The summed E-state index contributed by atoms with van der Waals surface area (Å²) in [6.45, 7) is 13.5. The predicted octanol–water partition coefficient (Wildman–Crippen LogP) is 10.8. The quantitative estimate of drug-likeness (QED) is 0.172. The molecule has 51 heavy (non-hydrogen) atoms. The van der Waals surface area contributed by atoms with E-state index in [1.54, 1.807) is 0 Å². The summed E-state index contributed by atoms with van der Waals surface area (Å²) in [6, 6.07) is 46.4. The maximum Gasteiger partial charge on any atom is 0.312 e. The Morgan fingerprint density at radius 1 is 0.588 bits per heavy atom. The number of nitrogens with zero attached hydrogens (tertiary/aromatic N) is 2. The Hall–Kier alpha value is -5.42. The second kappa shape index (κ2) is 10.6. The molecule has 6 aromatic carbocycles. The Bertz CT molecular complexity index is 2500. The molecular formula is C46H41BN2O2. The van der Waals surface area contributed by atoms with Crippen LogP contribution < -0.4 is 25.7 Å². The smallest absolute Gasteiger partial charge is 0.312 e. The monoisotopic (exact) mass is 664 g/mol. The highest BCUT2D eigenvalue weighted by atomic mass is 16.5. The van der Waals surface area contributed by atoms with E-state index in [1.807, 2.05) is 0 Å². The van der Waals surface area contributed by atoms with Crippen molar-refractivity contribution in [3.8, 4) is 5.75 Å². The molecule has 2 unspecified atom stereocenters. The summed E-state index contributed by atoms with van der Waals surface area (Å²) >= 11 is 0. The molecule has 0 fully saturated rings. The van der Waals surface area contributed by atoms with Gasteiger partial charge in [-0.2, -0.15) is 0 Å². The Labute approximate surface area is 300 Å². The summed E-state index contributed by atoms with van der Waals surface area (Å²) in [4.78, 5) is 4.99. The van der Waals surface area contributed by atoms with Gasteiger partial charge in [0.2, 0.25) is 0 Å². The average molecular weight is 665 g/mol. The number of rotatable bonds is 2. The maximum absolute atomic E-state index is 7.22. The average Bonchev–Trinajstić information content (AvgIpc) is 3.70. The van der Waals surface area contributed by atoms with Gasteiger partial charge in [-0.25, -0.2) is 0 Å². The minimum Gasteiger partial charge on any atom is -0.495 e. The van der Waals surface area contributed by atoms with Gasteiger partial charge in [0.1, 0.15) is 17.3 Å². The molecule has 0 saturated carbocycles. The van der Waals surface area contributed by atoms with Gasteiger partial charge in [-0.05, 0) is 92.8 Å². The van der Waals surface area contributed by atoms with Crippen molar-refractivity contribution < 1.29 is 9.15 Å². The van der Waals surface area contributed by atoms with Gasteiger partial charge in [-0.15, -0.1) is 0 Å². The number of benzene rings is 6. The van der Waals surface area contributed by atoms with E-state index in [1.165, 1.54) is 44.3 Å². The lowest BCUT2D eigenvalue weighted by molar-refractivity contribution is 0.281. The zero-order valence-corrected chi connectivity index (χ0v) is 30.1. The van der Waals surface area contributed by atoms with Gasteiger partial charge in [-0.1, -0.05) is 114 Å². The molecule has 0 bridgehead atoms. The lowest BCUT2D eigenvalue weighted by Crippen LogP contribution is -2.64. The molecule has 1 aromatic heterocycles. The zero-order valence-electron chi connectivity index (χ0n) is 30.1. The first-order valence-electron chi connectivity index (χ1n) is 18.2. The van der Waals surface area contributed by atoms with Gasteiger partial charge >= 0.3 is 6.71 Å². The Morgan fingerprint density at radius 3 is 1.92 bits per heavy atom. The van der Waals surface area contributed by atoms with Crippen LogP contribution in [0.25, 0.3) is 21.7 Å². The first-order chi connectivity index (χ1) is 24.6. The second-order valence-electron chi connectivity index (χ2n) is 16.5. The molecule has 0 radical (unpaired) electrons. The molecule has 0 spiro atoms. The van der Waals surface area contributed by atoms with E-state index >= 15 is 0 Å². The van der Waals surface area contributed by atoms with Crippen molar-refractivity contribution in [2.75, 3.05) is 9.80 Å². The normalized spacial score (nSPS) is 17.6.